The first-order valence-corrected chi connectivity index (χ1v) is 7.73. The lowest BCUT2D eigenvalue weighted by molar-refractivity contribution is 0.0526. The van der Waals surface area contributed by atoms with Crippen LogP contribution in [0.15, 0.2) is 24.3 Å². The van der Waals surface area contributed by atoms with Gasteiger partial charge in [-0.15, -0.1) is 9.42 Å². The lowest BCUT2D eigenvalue weighted by Crippen LogP contribution is -2.04. The number of hydrogen-bond acceptors (Lipinski definition) is 4. The largest absolute Gasteiger partial charge is 0.695 e. The molecule has 0 saturated heterocycles. The van der Waals surface area contributed by atoms with Crippen LogP contribution < -0.4 is 0 Å². The summed E-state index contributed by atoms with van der Waals surface area (Å²) in [5.41, 5.74) is 1.16. The fourth-order valence-corrected chi connectivity index (χ4v) is 1.34. The Bertz CT molecular complexity index is 401. The third-order valence-corrected chi connectivity index (χ3v) is 2.66. The van der Waals surface area contributed by atoms with Gasteiger partial charge in [0.15, 0.2) is 0 Å². The van der Waals surface area contributed by atoms with E-state index < -0.39 is 8.25 Å². The average Bonchev–Trinajstić information content (AvgIpc) is 2.46. The van der Waals surface area contributed by atoms with Crippen molar-refractivity contribution in [2.45, 2.75) is 40.2 Å². The molecule has 0 fully saturated rings. The molecule has 0 spiro atoms. The van der Waals surface area contributed by atoms with Crippen molar-refractivity contribution < 1.29 is 23.5 Å². The fraction of sp³-hybridized carbons (Fsp3) is 0.500. The molecule has 0 bridgehead atoms. The molecule has 1 aromatic rings. The Morgan fingerprint density at radius 3 is 2.10 bits per heavy atom. The SMILES string of the molecule is CCCC.CCOC(=O)c1ccc(CO[P+](=O)O)cc1. The maximum Gasteiger partial charge on any atom is 0.695 e. The number of hydrogen-bond donors (Lipinski definition) is 1. The van der Waals surface area contributed by atoms with E-state index in [9.17, 15) is 9.36 Å². The summed E-state index contributed by atoms with van der Waals surface area (Å²) < 4.78 is 19.6. The van der Waals surface area contributed by atoms with Gasteiger partial charge in [-0.2, -0.15) is 0 Å². The van der Waals surface area contributed by atoms with Crippen molar-refractivity contribution in [3.63, 3.8) is 0 Å². The molecule has 6 heteroatoms. The minimum absolute atomic E-state index is 0.0365. The van der Waals surface area contributed by atoms with E-state index in [1.54, 1.807) is 31.2 Å². The topological polar surface area (TPSA) is 72.8 Å². The zero-order chi connectivity index (χ0) is 15.4. The van der Waals surface area contributed by atoms with Crippen molar-refractivity contribution in [2.75, 3.05) is 6.61 Å². The summed E-state index contributed by atoms with van der Waals surface area (Å²) in [5, 5.41) is 0. The molecule has 1 rings (SSSR count). The maximum absolute atomic E-state index is 11.3. The monoisotopic (exact) mass is 301 g/mol. The summed E-state index contributed by atoms with van der Waals surface area (Å²) in [6, 6.07) is 6.46. The number of benzene rings is 1. The zero-order valence-electron chi connectivity index (χ0n) is 12.2. The summed E-state index contributed by atoms with van der Waals surface area (Å²) >= 11 is 0. The quantitative estimate of drug-likeness (QED) is 0.638. The Balaban J connectivity index is 0.000000796. The summed E-state index contributed by atoms with van der Waals surface area (Å²) in [6.45, 7) is 6.46. The van der Waals surface area contributed by atoms with Crippen molar-refractivity contribution in [3.8, 4) is 0 Å². The van der Waals surface area contributed by atoms with Crippen LogP contribution >= 0.6 is 8.25 Å². The Morgan fingerprint density at radius 1 is 1.15 bits per heavy atom. The van der Waals surface area contributed by atoms with Gasteiger partial charge in [-0.25, -0.2) is 4.79 Å². The normalized spacial score (nSPS) is 10.3. The van der Waals surface area contributed by atoms with Crippen molar-refractivity contribution in [2.24, 2.45) is 0 Å². The highest BCUT2D eigenvalue weighted by atomic mass is 31.1. The molecule has 0 aliphatic rings. The van der Waals surface area contributed by atoms with Crippen molar-refractivity contribution >= 4 is 14.2 Å². The standard InChI is InChI=1S/C10H11O5P.C4H10/c1-2-14-10(11)9-5-3-8(4-6-9)7-15-16(12)13;1-3-4-2/h3-6H,2,7H2,1H3;3-4H2,1-2H3/p+1. The van der Waals surface area contributed by atoms with E-state index in [1.165, 1.54) is 12.8 Å². The van der Waals surface area contributed by atoms with Gasteiger partial charge in [0.25, 0.3) is 0 Å². The van der Waals surface area contributed by atoms with Gasteiger partial charge in [0, 0.05) is 4.57 Å². The van der Waals surface area contributed by atoms with Crippen molar-refractivity contribution in [3.05, 3.63) is 35.4 Å². The Labute approximate surface area is 120 Å². The van der Waals surface area contributed by atoms with Gasteiger partial charge in [-0.05, 0) is 24.6 Å². The molecule has 0 aliphatic heterocycles. The van der Waals surface area contributed by atoms with Gasteiger partial charge in [0.05, 0.1) is 12.2 Å². The second-order valence-corrected chi connectivity index (χ2v) is 4.66. The van der Waals surface area contributed by atoms with E-state index >= 15 is 0 Å². The number of rotatable bonds is 6. The third kappa shape index (κ3) is 8.75. The number of ether oxygens (including phenoxy) is 1. The lowest BCUT2D eigenvalue weighted by Gasteiger charge is -2.01. The van der Waals surface area contributed by atoms with Crippen LogP contribution in [0.4, 0.5) is 0 Å². The van der Waals surface area contributed by atoms with E-state index in [0.29, 0.717) is 17.7 Å². The molecular weight excluding hydrogens is 279 g/mol. The summed E-state index contributed by atoms with van der Waals surface area (Å²) in [4.78, 5) is 19.7. The molecule has 0 saturated carbocycles. The van der Waals surface area contributed by atoms with Crippen LogP contribution in [0.5, 0.6) is 0 Å². The van der Waals surface area contributed by atoms with Crippen molar-refractivity contribution in [1.82, 2.24) is 0 Å². The Morgan fingerprint density at radius 2 is 1.70 bits per heavy atom. The number of unbranched alkanes of at least 4 members (excludes halogenated alkanes) is 1. The molecule has 1 N–H and O–H groups in total. The van der Waals surface area contributed by atoms with Gasteiger partial charge in [-0.3, -0.25) is 0 Å². The number of carbonyl (C=O) groups is 1. The van der Waals surface area contributed by atoms with Gasteiger partial charge in [0.2, 0.25) is 0 Å². The van der Waals surface area contributed by atoms with Crippen LogP contribution in [0.2, 0.25) is 0 Å². The van der Waals surface area contributed by atoms with Crippen LogP contribution in [0.25, 0.3) is 0 Å². The molecule has 0 aliphatic carbocycles. The first-order valence-electron chi connectivity index (χ1n) is 6.60. The highest BCUT2D eigenvalue weighted by molar-refractivity contribution is 7.32. The molecule has 0 heterocycles. The minimum Gasteiger partial charge on any atom is -0.462 e. The zero-order valence-corrected chi connectivity index (χ0v) is 13.1. The van der Waals surface area contributed by atoms with E-state index in [2.05, 4.69) is 18.4 Å². The molecule has 1 atom stereocenters. The molecule has 20 heavy (non-hydrogen) atoms. The maximum atomic E-state index is 11.3. The number of carbonyl (C=O) groups excluding carboxylic acids is 1. The molecular formula is C14H22O5P+. The second-order valence-electron chi connectivity index (χ2n) is 3.93. The van der Waals surface area contributed by atoms with Gasteiger partial charge in [0.1, 0.15) is 6.61 Å². The molecule has 1 unspecified atom stereocenters. The van der Waals surface area contributed by atoms with Crippen LogP contribution in [0.3, 0.4) is 0 Å². The molecule has 0 amide bonds. The highest BCUT2D eigenvalue weighted by Gasteiger charge is 2.12. The van der Waals surface area contributed by atoms with E-state index in [-0.39, 0.29) is 12.6 Å². The first-order chi connectivity index (χ1) is 9.54. The number of esters is 1. The Hall–Kier alpha value is -1.29. The van der Waals surface area contributed by atoms with E-state index in [1.807, 2.05) is 0 Å². The summed E-state index contributed by atoms with van der Waals surface area (Å²) in [7, 11) is -2.59. The lowest BCUT2D eigenvalue weighted by atomic mass is 10.1. The smallest absolute Gasteiger partial charge is 0.462 e. The minimum atomic E-state index is -2.59. The average molecular weight is 301 g/mol. The molecule has 1 aromatic carbocycles. The van der Waals surface area contributed by atoms with Crippen molar-refractivity contribution in [1.29, 1.82) is 0 Å². The van der Waals surface area contributed by atoms with E-state index in [0.717, 1.165) is 0 Å². The van der Waals surface area contributed by atoms with Gasteiger partial charge < -0.3 is 4.74 Å². The van der Waals surface area contributed by atoms with Gasteiger partial charge in [-0.1, -0.05) is 38.8 Å². The van der Waals surface area contributed by atoms with Crippen LogP contribution in [-0.4, -0.2) is 17.5 Å². The predicted molar refractivity (Wildman–Crippen MR) is 77.6 cm³/mol. The highest BCUT2D eigenvalue weighted by Crippen LogP contribution is 2.18. The summed E-state index contributed by atoms with van der Waals surface area (Å²) in [5.74, 6) is -0.386. The van der Waals surface area contributed by atoms with Crippen LogP contribution in [0.1, 0.15) is 49.5 Å². The molecule has 0 radical (unpaired) electrons. The second kappa shape index (κ2) is 11.5. The van der Waals surface area contributed by atoms with E-state index in [4.69, 9.17) is 9.63 Å². The summed E-state index contributed by atoms with van der Waals surface area (Å²) in [6.07, 6.45) is 2.64. The van der Waals surface area contributed by atoms with Gasteiger partial charge >= 0.3 is 14.2 Å². The third-order valence-electron chi connectivity index (χ3n) is 2.31. The fourth-order valence-electron chi connectivity index (χ4n) is 1.08. The molecule has 0 aromatic heterocycles. The predicted octanol–water partition coefficient (Wildman–Crippen LogP) is 3.84. The molecule has 112 valence electrons. The van der Waals surface area contributed by atoms with Crippen LogP contribution in [-0.2, 0) is 20.4 Å². The van der Waals surface area contributed by atoms with Crippen LogP contribution in [0, 0.1) is 0 Å². The molecule has 5 nitrogen and oxygen atoms in total. The Kier molecular flexibility index (Phi) is 10.8. The first kappa shape index (κ1) is 18.7.